The van der Waals surface area contributed by atoms with Gasteiger partial charge in [-0.15, -0.1) is 0 Å². The Kier molecular flexibility index (Phi) is 1.97. The van der Waals surface area contributed by atoms with E-state index in [0.29, 0.717) is 5.92 Å². The third-order valence-electron chi connectivity index (χ3n) is 3.22. The molecule has 0 nitrogen and oxygen atoms in total. The standard InChI is InChI=1S/C12H11BrF2/c13-10-4-8(7-1-2-7)3-9(5-10)11-6-12(11,14)15/h3-5,7,11H,1-2,6H2. The van der Waals surface area contributed by atoms with Crippen LogP contribution in [0.1, 0.15) is 42.2 Å². The molecule has 3 rings (SSSR count). The number of rotatable bonds is 2. The molecule has 3 heteroatoms. The third-order valence-corrected chi connectivity index (χ3v) is 3.68. The van der Waals surface area contributed by atoms with Crippen molar-refractivity contribution in [3.63, 3.8) is 0 Å². The maximum absolute atomic E-state index is 12.9. The minimum absolute atomic E-state index is 0.0214. The highest BCUT2D eigenvalue weighted by molar-refractivity contribution is 9.10. The Morgan fingerprint density at radius 3 is 2.27 bits per heavy atom. The predicted octanol–water partition coefficient (Wildman–Crippen LogP) is 4.45. The molecule has 1 aromatic rings. The highest BCUT2D eigenvalue weighted by atomic mass is 79.9. The van der Waals surface area contributed by atoms with Gasteiger partial charge in [-0.2, -0.15) is 0 Å². The summed E-state index contributed by atoms with van der Waals surface area (Å²) in [5.74, 6) is -2.37. The number of benzene rings is 1. The fourth-order valence-electron chi connectivity index (χ4n) is 2.06. The van der Waals surface area contributed by atoms with Crippen LogP contribution in [0.2, 0.25) is 0 Å². The van der Waals surface area contributed by atoms with Gasteiger partial charge in [0.2, 0.25) is 0 Å². The first-order valence-corrected chi connectivity index (χ1v) is 6.04. The van der Waals surface area contributed by atoms with Gasteiger partial charge < -0.3 is 0 Å². The molecule has 1 atom stereocenters. The van der Waals surface area contributed by atoms with Gasteiger partial charge in [-0.05, 0) is 42.0 Å². The van der Waals surface area contributed by atoms with Crippen LogP contribution < -0.4 is 0 Å². The lowest BCUT2D eigenvalue weighted by Gasteiger charge is -2.05. The average Bonchev–Trinajstić information content (AvgIpc) is 2.99. The Morgan fingerprint density at radius 1 is 1.13 bits per heavy atom. The molecule has 0 spiro atoms. The molecule has 0 N–H and O–H groups in total. The quantitative estimate of drug-likeness (QED) is 0.746. The normalized spacial score (nSPS) is 27.8. The van der Waals surface area contributed by atoms with Crippen molar-refractivity contribution in [3.05, 3.63) is 33.8 Å². The van der Waals surface area contributed by atoms with Gasteiger partial charge in [-0.1, -0.05) is 22.0 Å². The van der Waals surface area contributed by atoms with E-state index in [-0.39, 0.29) is 6.42 Å². The second-order valence-corrected chi connectivity index (χ2v) is 5.53. The zero-order valence-electron chi connectivity index (χ0n) is 8.14. The van der Waals surface area contributed by atoms with Gasteiger partial charge >= 0.3 is 0 Å². The molecule has 2 fully saturated rings. The summed E-state index contributed by atoms with van der Waals surface area (Å²) in [6, 6.07) is 5.85. The largest absolute Gasteiger partial charge is 0.255 e. The van der Waals surface area contributed by atoms with Crippen molar-refractivity contribution in [2.24, 2.45) is 0 Å². The summed E-state index contributed by atoms with van der Waals surface area (Å²) in [6.45, 7) is 0. The van der Waals surface area contributed by atoms with Crippen LogP contribution in [0, 0.1) is 0 Å². The molecule has 0 saturated heterocycles. The zero-order chi connectivity index (χ0) is 10.6. The summed E-state index contributed by atoms with van der Waals surface area (Å²) in [4.78, 5) is 0. The Labute approximate surface area is 95.8 Å². The predicted molar refractivity (Wildman–Crippen MR) is 58.4 cm³/mol. The topological polar surface area (TPSA) is 0 Å². The van der Waals surface area contributed by atoms with E-state index in [2.05, 4.69) is 22.0 Å². The van der Waals surface area contributed by atoms with Crippen molar-refractivity contribution in [1.82, 2.24) is 0 Å². The number of hydrogen-bond donors (Lipinski definition) is 0. The van der Waals surface area contributed by atoms with Gasteiger partial charge in [-0.3, -0.25) is 0 Å². The van der Waals surface area contributed by atoms with Crippen molar-refractivity contribution in [3.8, 4) is 0 Å². The molecule has 2 saturated carbocycles. The summed E-state index contributed by atoms with van der Waals surface area (Å²) >= 11 is 3.40. The Hall–Kier alpha value is -0.440. The molecule has 0 bridgehead atoms. The molecule has 2 aliphatic carbocycles. The number of halogens is 3. The summed E-state index contributed by atoms with van der Waals surface area (Å²) in [7, 11) is 0. The molecule has 1 aromatic carbocycles. The lowest BCUT2D eigenvalue weighted by molar-refractivity contribution is 0.112. The van der Waals surface area contributed by atoms with Gasteiger partial charge in [0.05, 0.1) is 5.92 Å². The molecule has 2 aliphatic rings. The van der Waals surface area contributed by atoms with E-state index in [1.807, 2.05) is 12.1 Å². The Bertz CT molecular complexity index is 410. The van der Waals surface area contributed by atoms with E-state index in [4.69, 9.17) is 0 Å². The molecule has 1 unspecified atom stereocenters. The van der Waals surface area contributed by atoms with E-state index in [0.717, 1.165) is 10.0 Å². The molecular weight excluding hydrogens is 262 g/mol. The molecule has 0 amide bonds. The van der Waals surface area contributed by atoms with Crippen molar-refractivity contribution < 1.29 is 8.78 Å². The van der Waals surface area contributed by atoms with Gasteiger partial charge in [-0.25, -0.2) is 8.78 Å². The van der Waals surface area contributed by atoms with E-state index in [1.54, 1.807) is 0 Å². The van der Waals surface area contributed by atoms with Gasteiger partial charge in [0.25, 0.3) is 5.92 Å². The van der Waals surface area contributed by atoms with Crippen molar-refractivity contribution >= 4 is 15.9 Å². The fourth-order valence-corrected chi connectivity index (χ4v) is 2.59. The van der Waals surface area contributed by atoms with Gasteiger partial charge in [0.15, 0.2) is 0 Å². The van der Waals surface area contributed by atoms with Crippen molar-refractivity contribution in [2.75, 3.05) is 0 Å². The maximum atomic E-state index is 12.9. The van der Waals surface area contributed by atoms with E-state index in [9.17, 15) is 8.78 Å². The Balaban J connectivity index is 1.94. The molecule has 0 radical (unpaired) electrons. The van der Waals surface area contributed by atoms with Crippen LogP contribution in [0.15, 0.2) is 22.7 Å². The maximum Gasteiger partial charge on any atom is 0.255 e. The first kappa shape index (κ1) is 9.76. The van der Waals surface area contributed by atoms with E-state index < -0.39 is 11.8 Å². The van der Waals surface area contributed by atoms with Crippen LogP contribution in [-0.2, 0) is 0 Å². The minimum Gasteiger partial charge on any atom is -0.206 e. The molecule has 80 valence electrons. The van der Waals surface area contributed by atoms with Crippen LogP contribution in [0.3, 0.4) is 0 Å². The first-order chi connectivity index (χ1) is 7.06. The average molecular weight is 273 g/mol. The smallest absolute Gasteiger partial charge is 0.206 e. The lowest BCUT2D eigenvalue weighted by atomic mass is 10.0. The zero-order valence-corrected chi connectivity index (χ0v) is 9.73. The van der Waals surface area contributed by atoms with Crippen LogP contribution >= 0.6 is 15.9 Å². The molecule has 0 heterocycles. The van der Waals surface area contributed by atoms with E-state index >= 15 is 0 Å². The summed E-state index contributed by atoms with van der Waals surface area (Å²) < 4.78 is 26.8. The van der Waals surface area contributed by atoms with Crippen LogP contribution in [0.4, 0.5) is 8.78 Å². The molecule has 0 aliphatic heterocycles. The Morgan fingerprint density at radius 2 is 1.73 bits per heavy atom. The van der Waals surface area contributed by atoms with Crippen LogP contribution in [0.25, 0.3) is 0 Å². The number of hydrogen-bond acceptors (Lipinski definition) is 0. The molecular formula is C12H11BrF2. The number of alkyl halides is 2. The lowest BCUT2D eigenvalue weighted by Crippen LogP contribution is -1.94. The fraction of sp³-hybridized carbons (Fsp3) is 0.500. The molecule has 15 heavy (non-hydrogen) atoms. The SMILES string of the molecule is FC1(F)CC1c1cc(Br)cc(C2CC2)c1. The van der Waals surface area contributed by atoms with E-state index in [1.165, 1.54) is 18.4 Å². The summed E-state index contributed by atoms with van der Waals surface area (Å²) in [6.07, 6.45) is 2.43. The third kappa shape index (κ3) is 1.82. The second-order valence-electron chi connectivity index (χ2n) is 4.61. The van der Waals surface area contributed by atoms with Crippen LogP contribution in [-0.4, -0.2) is 5.92 Å². The van der Waals surface area contributed by atoms with Gasteiger partial charge in [0.1, 0.15) is 0 Å². The molecule has 0 aromatic heterocycles. The monoisotopic (exact) mass is 272 g/mol. The second kappa shape index (κ2) is 3.03. The minimum atomic E-state index is -2.46. The van der Waals surface area contributed by atoms with Crippen molar-refractivity contribution in [2.45, 2.75) is 37.0 Å². The highest BCUT2D eigenvalue weighted by Crippen LogP contribution is 2.56. The summed E-state index contributed by atoms with van der Waals surface area (Å²) in [5.41, 5.74) is 2.03. The van der Waals surface area contributed by atoms with Gasteiger partial charge in [0, 0.05) is 10.9 Å². The van der Waals surface area contributed by atoms with Crippen molar-refractivity contribution in [1.29, 1.82) is 0 Å². The summed E-state index contributed by atoms with van der Waals surface area (Å²) in [5, 5.41) is 0. The highest BCUT2D eigenvalue weighted by Gasteiger charge is 2.57. The van der Waals surface area contributed by atoms with Crippen LogP contribution in [0.5, 0.6) is 0 Å². The first-order valence-electron chi connectivity index (χ1n) is 5.24.